The molecule has 2 atom stereocenters. The van der Waals surface area contributed by atoms with Gasteiger partial charge in [-0.05, 0) is 24.3 Å². The molecule has 2 unspecified atom stereocenters. The zero-order valence-electron chi connectivity index (χ0n) is 7.74. The molecule has 1 heterocycles. The first kappa shape index (κ1) is 8.73. The Bertz CT molecular complexity index is 250. The van der Waals surface area contributed by atoms with Crippen LogP contribution >= 0.6 is 0 Å². The van der Waals surface area contributed by atoms with Crippen LogP contribution in [0.25, 0.3) is 0 Å². The topological polar surface area (TPSA) is 38.0 Å². The van der Waals surface area contributed by atoms with Crippen molar-refractivity contribution < 1.29 is 0 Å². The van der Waals surface area contributed by atoms with E-state index in [1.807, 2.05) is 0 Å². The van der Waals surface area contributed by atoms with Gasteiger partial charge in [0.05, 0.1) is 6.17 Å². The highest BCUT2D eigenvalue weighted by atomic mass is 15.0. The predicted molar refractivity (Wildman–Crippen MR) is 54.4 cm³/mol. The Balaban J connectivity index is 2.03. The summed E-state index contributed by atoms with van der Waals surface area (Å²) >= 11 is 0. The zero-order valence-corrected chi connectivity index (χ0v) is 7.74. The van der Waals surface area contributed by atoms with Crippen LogP contribution in [0.4, 0.5) is 0 Å². The minimum atomic E-state index is 0.208. The van der Waals surface area contributed by atoms with E-state index in [1.165, 1.54) is 12.0 Å². The molecule has 0 aromatic heterocycles. The average Bonchev–Trinajstić information content (AvgIpc) is 2.20. The molecule has 1 saturated heterocycles. The van der Waals surface area contributed by atoms with Crippen molar-refractivity contribution in [1.82, 2.24) is 5.32 Å². The normalized spacial score (nSPS) is 28.7. The number of hydrogen-bond donors (Lipinski definition) is 2. The summed E-state index contributed by atoms with van der Waals surface area (Å²) in [6.45, 7) is 1.02. The maximum atomic E-state index is 5.76. The molecule has 13 heavy (non-hydrogen) atoms. The van der Waals surface area contributed by atoms with Gasteiger partial charge in [-0.15, -0.1) is 0 Å². The van der Waals surface area contributed by atoms with Crippen molar-refractivity contribution in [3.8, 4) is 0 Å². The number of nitrogens with two attached hydrogens (primary N) is 1. The minimum Gasteiger partial charge on any atom is -0.316 e. The molecule has 1 fully saturated rings. The summed E-state index contributed by atoms with van der Waals surface area (Å²) in [5.41, 5.74) is 7.20. The smallest absolute Gasteiger partial charge is 0.0546 e. The van der Waals surface area contributed by atoms with Crippen LogP contribution in [0.2, 0.25) is 0 Å². The van der Waals surface area contributed by atoms with E-state index >= 15 is 0 Å². The fraction of sp³-hybridized carbons (Fsp3) is 0.455. The van der Waals surface area contributed by atoms with Gasteiger partial charge in [0.1, 0.15) is 0 Å². The van der Waals surface area contributed by atoms with Gasteiger partial charge < -0.3 is 11.1 Å². The molecule has 0 radical (unpaired) electrons. The monoisotopic (exact) mass is 176 g/mol. The summed E-state index contributed by atoms with van der Waals surface area (Å²) in [5.74, 6) is 0.654. The van der Waals surface area contributed by atoms with Crippen molar-refractivity contribution in [1.29, 1.82) is 0 Å². The first-order chi connectivity index (χ1) is 6.36. The lowest BCUT2D eigenvalue weighted by molar-refractivity contribution is 0.373. The average molecular weight is 176 g/mol. The third-order valence-electron chi connectivity index (χ3n) is 2.72. The van der Waals surface area contributed by atoms with E-state index in [-0.39, 0.29) is 6.17 Å². The van der Waals surface area contributed by atoms with Gasteiger partial charge in [-0.3, -0.25) is 0 Å². The van der Waals surface area contributed by atoms with Gasteiger partial charge in [0.25, 0.3) is 0 Å². The molecule has 2 heteroatoms. The standard InChI is InChI=1S/C11H16N2/c12-11-7-6-10(8-13-11)9-4-2-1-3-5-9/h1-5,10-11,13H,6-8,12H2. The van der Waals surface area contributed by atoms with Gasteiger partial charge in [-0.25, -0.2) is 0 Å². The van der Waals surface area contributed by atoms with Crippen molar-refractivity contribution in [3.05, 3.63) is 35.9 Å². The molecule has 1 aliphatic heterocycles. The van der Waals surface area contributed by atoms with E-state index in [4.69, 9.17) is 5.73 Å². The second-order valence-electron chi connectivity index (χ2n) is 3.70. The second-order valence-corrected chi connectivity index (χ2v) is 3.70. The van der Waals surface area contributed by atoms with Crippen LogP contribution in [-0.4, -0.2) is 12.7 Å². The molecule has 1 aliphatic rings. The number of rotatable bonds is 1. The van der Waals surface area contributed by atoms with Crippen LogP contribution in [0, 0.1) is 0 Å². The first-order valence-corrected chi connectivity index (χ1v) is 4.90. The van der Waals surface area contributed by atoms with Crippen molar-refractivity contribution in [3.63, 3.8) is 0 Å². The van der Waals surface area contributed by atoms with Crippen molar-refractivity contribution in [2.75, 3.05) is 6.54 Å². The number of nitrogens with one attached hydrogen (secondary N) is 1. The molecule has 2 nitrogen and oxygen atoms in total. The molecule has 0 spiro atoms. The summed E-state index contributed by atoms with van der Waals surface area (Å²) in [7, 11) is 0. The van der Waals surface area contributed by atoms with Gasteiger partial charge in [0, 0.05) is 6.54 Å². The van der Waals surface area contributed by atoms with Crippen LogP contribution in [0.3, 0.4) is 0 Å². The molecule has 70 valence electrons. The molecule has 3 N–H and O–H groups in total. The molecular formula is C11H16N2. The van der Waals surface area contributed by atoms with E-state index in [0.29, 0.717) is 5.92 Å². The third-order valence-corrected chi connectivity index (χ3v) is 2.72. The van der Waals surface area contributed by atoms with Crippen LogP contribution < -0.4 is 11.1 Å². The number of piperidine rings is 1. The molecule has 0 bridgehead atoms. The summed E-state index contributed by atoms with van der Waals surface area (Å²) in [4.78, 5) is 0. The minimum absolute atomic E-state index is 0.208. The molecule has 0 amide bonds. The lowest BCUT2D eigenvalue weighted by atomic mass is 9.91. The van der Waals surface area contributed by atoms with Crippen molar-refractivity contribution in [2.24, 2.45) is 5.73 Å². The van der Waals surface area contributed by atoms with E-state index in [9.17, 15) is 0 Å². The Kier molecular flexibility index (Phi) is 2.62. The summed E-state index contributed by atoms with van der Waals surface area (Å²) in [5, 5.41) is 3.31. The highest BCUT2D eigenvalue weighted by Crippen LogP contribution is 2.23. The lowest BCUT2D eigenvalue weighted by Crippen LogP contribution is -2.43. The van der Waals surface area contributed by atoms with Gasteiger partial charge in [0.2, 0.25) is 0 Å². The van der Waals surface area contributed by atoms with Gasteiger partial charge >= 0.3 is 0 Å². The first-order valence-electron chi connectivity index (χ1n) is 4.90. The molecule has 0 aliphatic carbocycles. The fourth-order valence-electron chi connectivity index (χ4n) is 1.89. The number of benzene rings is 1. The molecule has 1 aromatic carbocycles. The second kappa shape index (κ2) is 3.90. The van der Waals surface area contributed by atoms with E-state index in [1.54, 1.807) is 0 Å². The van der Waals surface area contributed by atoms with Crippen LogP contribution in [-0.2, 0) is 0 Å². The predicted octanol–water partition coefficient (Wildman–Crippen LogP) is 1.44. The Morgan fingerprint density at radius 3 is 2.54 bits per heavy atom. The van der Waals surface area contributed by atoms with Crippen LogP contribution in [0.1, 0.15) is 24.3 Å². The third kappa shape index (κ3) is 2.08. The summed E-state index contributed by atoms with van der Waals surface area (Å²) < 4.78 is 0. The summed E-state index contributed by atoms with van der Waals surface area (Å²) in [6, 6.07) is 10.7. The molecular weight excluding hydrogens is 160 g/mol. The summed E-state index contributed by atoms with van der Waals surface area (Å²) in [6.07, 6.45) is 2.50. The lowest BCUT2D eigenvalue weighted by Gasteiger charge is -2.27. The van der Waals surface area contributed by atoms with Gasteiger partial charge in [-0.1, -0.05) is 30.3 Å². The van der Waals surface area contributed by atoms with Crippen molar-refractivity contribution in [2.45, 2.75) is 24.9 Å². The van der Waals surface area contributed by atoms with Gasteiger partial charge in [0.15, 0.2) is 0 Å². The van der Waals surface area contributed by atoms with E-state index < -0.39 is 0 Å². The Labute approximate surface area is 79.1 Å². The van der Waals surface area contributed by atoms with Crippen LogP contribution in [0.15, 0.2) is 30.3 Å². The Morgan fingerprint density at radius 2 is 1.92 bits per heavy atom. The SMILES string of the molecule is NC1CCC(c2ccccc2)CN1. The zero-order chi connectivity index (χ0) is 9.10. The fourth-order valence-corrected chi connectivity index (χ4v) is 1.89. The highest BCUT2D eigenvalue weighted by molar-refractivity contribution is 5.20. The largest absolute Gasteiger partial charge is 0.316 e. The maximum absolute atomic E-state index is 5.76. The van der Waals surface area contributed by atoms with E-state index in [0.717, 1.165) is 13.0 Å². The Hall–Kier alpha value is -0.860. The number of hydrogen-bond acceptors (Lipinski definition) is 2. The molecule has 1 aromatic rings. The van der Waals surface area contributed by atoms with Gasteiger partial charge in [-0.2, -0.15) is 0 Å². The van der Waals surface area contributed by atoms with Crippen LogP contribution in [0.5, 0.6) is 0 Å². The van der Waals surface area contributed by atoms with Crippen molar-refractivity contribution >= 4 is 0 Å². The maximum Gasteiger partial charge on any atom is 0.0546 e. The Morgan fingerprint density at radius 1 is 1.15 bits per heavy atom. The quantitative estimate of drug-likeness (QED) is 0.679. The molecule has 2 rings (SSSR count). The molecule has 0 saturated carbocycles. The highest BCUT2D eigenvalue weighted by Gasteiger charge is 2.18. The van der Waals surface area contributed by atoms with E-state index in [2.05, 4.69) is 35.6 Å².